The van der Waals surface area contributed by atoms with Gasteiger partial charge >= 0.3 is 6.09 Å². The molecule has 1 amide bonds. The van der Waals surface area contributed by atoms with E-state index < -0.39 is 5.79 Å². The molecule has 108 valence electrons. The van der Waals surface area contributed by atoms with E-state index in [-0.39, 0.29) is 18.3 Å². The van der Waals surface area contributed by atoms with E-state index in [0.29, 0.717) is 19.7 Å². The summed E-state index contributed by atoms with van der Waals surface area (Å²) in [5, 5.41) is 0. The molecule has 0 spiro atoms. The molecule has 5 heteroatoms. The topological polar surface area (TPSA) is 48.0 Å². The highest BCUT2D eigenvalue weighted by molar-refractivity contribution is 5.68. The molecule has 0 saturated carbocycles. The molecule has 5 nitrogen and oxygen atoms in total. The van der Waals surface area contributed by atoms with Crippen LogP contribution in [0.5, 0.6) is 0 Å². The first kappa shape index (κ1) is 13.4. The maximum atomic E-state index is 12.0. The predicted octanol–water partition coefficient (Wildman–Crippen LogP) is 2.16. The molecular weight excluding hydrogens is 258 g/mol. The standard InChI is InChI=1S/C15H19NO4/c1-15(2)19-12-8-16(9-13(12)20-15)14(17)18-10-11-6-4-3-5-7-11/h3-7,12-13H,8-10H2,1-2H3. The van der Waals surface area contributed by atoms with Crippen molar-refractivity contribution in [3.63, 3.8) is 0 Å². The number of hydrogen-bond donors (Lipinski definition) is 0. The van der Waals surface area contributed by atoms with Crippen LogP contribution >= 0.6 is 0 Å². The summed E-state index contributed by atoms with van der Waals surface area (Å²) in [5.41, 5.74) is 0.980. The number of carbonyl (C=O) groups is 1. The van der Waals surface area contributed by atoms with Gasteiger partial charge in [-0.25, -0.2) is 4.79 Å². The van der Waals surface area contributed by atoms with E-state index in [1.165, 1.54) is 0 Å². The van der Waals surface area contributed by atoms with Gasteiger partial charge in [-0.3, -0.25) is 0 Å². The van der Waals surface area contributed by atoms with Gasteiger partial charge in [-0.05, 0) is 19.4 Å². The van der Waals surface area contributed by atoms with Crippen molar-refractivity contribution in [2.45, 2.75) is 38.4 Å². The van der Waals surface area contributed by atoms with Crippen LogP contribution in [0.15, 0.2) is 30.3 Å². The molecule has 2 saturated heterocycles. The van der Waals surface area contributed by atoms with Crippen LogP contribution in [-0.4, -0.2) is 42.1 Å². The van der Waals surface area contributed by atoms with Gasteiger partial charge < -0.3 is 19.1 Å². The van der Waals surface area contributed by atoms with Gasteiger partial charge in [0.15, 0.2) is 5.79 Å². The zero-order chi connectivity index (χ0) is 14.2. The fraction of sp³-hybridized carbons (Fsp3) is 0.533. The molecular formula is C15H19NO4. The lowest BCUT2D eigenvalue weighted by atomic mass is 10.2. The number of likely N-dealkylation sites (tertiary alicyclic amines) is 1. The number of amides is 1. The van der Waals surface area contributed by atoms with Crippen molar-refractivity contribution < 1.29 is 19.0 Å². The van der Waals surface area contributed by atoms with Gasteiger partial charge in [-0.15, -0.1) is 0 Å². The van der Waals surface area contributed by atoms with Crippen LogP contribution in [0.3, 0.4) is 0 Å². The maximum absolute atomic E-state index is 12.0. The van der Waals surface area contributed by atoms with Gasteiger partial charge in [0, 0.05) is 0 Å². The van der Waals surface area contributed by atoms with Crippen molar-refractivity contribution in [1.82, 2.24) is 4.90 Å². The van der Waals surface area contributed by atoms with Gasteiger partial charge in [-0.1, -0.05) is 30.3 Å². The lowest BCUT2D eigenvalue weighted by Crippen LogP contribution is -2.34. The Morgan fingerprint density at radius 3 is 2.45 bits per heavy atom. The largest absolute Gasteiger partial charge is 0.445 e. The second kappa shape index (κ2) is 5.07. The third kappa shape index (κ3) is 2.78. The summed E-state index contributed by atoms with van der Waals surface area (Å²) in [4.78, 5) is 13.7. The molecule has 0 aromatic heterocycles. The van der Waals surface area contributed by atoms with Crippen molar-refractivity contribution in [2.24, 2.45) is 0 Å². The summed E-state index contributed by atoms with van der Waals surface area (Å²) < 4.78 is 16.8. The molecule has 2 unspecified atom stereocenters. The SMILES string of the molecule is CC1(C)OC2CN(C(=O)OCc3ccccc3)CC2O1. The molecule has 20 heavy (non-hydrogen) atoms. The molecule has 0 radical (unpaired) electrons. The van der Waals surface area contributed by atoms with Gasteiger partial charge in [0.2, 0.25) is 0 Å². The average molecular weight is 277 g/mol. The highest BCUT2D eigenvalue weighted by atomic mass is 16.8. The average Bonchev–Trinajstić information content (AvgIpc) is 2.90. The zero-order valence-electron chi connectivity index (χ0n) is 11.7. The molecule has 2 fully saturated rings. The number of carbonyl (C=O) groups excluding carboxylic acids is 1. The van der Waals surface area contributed by atoms with Crippen LogP contribution in [0.25, 0.3) is 0 Å². The summed E-state index contributed by atoms with van der Waals surface area (Å²) in [7, 11) is 0. The number of benzene rings is 1. The van der Waals surface area contributed by atoms with Crippen LogP contribution in [-0.2, 0) is 20.8 Å². The van der Waals surface area contributed by atoms with Crippen molar-refractivity contribution in [3.05, 3.63) is 35.9 Å². The van der Waals surface area contributed by atoms with Crippen molar-refractivity contribution in [2.75, 3.05) is 13.1 Å². The molecule has 0 aliphatic carbocycles. The second-order valence-electron chi connectivity index (χ2n) is 5.66. The minimum Gasteiger partial charge on any atom is -0.445 e. The van der Waals surface area contributed by atoms with Crippen molar-refractivity contribution >= 4 is 6.09 Å². The summed E-state index contributed by atoms with van der Waals surface area (Å²) in [6, 6.07) is 9.64. The number of ether oxygens (including phenoxy) is 3. The second-order valence-corrected chi connectivity index (χ2v) is 5.66. The van der Waals surface area contributed by atoms with E-state index in [4.69, 9.17) is 14.2 Å². The van der Waals surface area contributed by atoms with E-state index in [0.717, 1.165) is 5.56 Å². The molecule has 2 aliphatic rings. The summed E-state index contributed by atoms with van der Waals surface area (Å²) >= 11 is 0. The van der Waals surface area contributed by atoms with E-state index in [2.05, 4.69) is 0 Å². The molecule has 0 N–H and O–H groups in total. The summed E-state index contributed by atoms with van der Waals surface area (Å²) in [6.07, 6.45) is -0.406. The molecule has 2 atom stereocenters. The quantitative estimate of drug-likeness (QED) is 0.831. The van der Waals surface area contributed by atoms with Crippen LogP contribution < -0.4 is 0 Å². The first-order valence-corrected chi connectivity index (χ1v) is 6.85. The third-order valence-corrected chi connectivity index (χ3v) is 3.55. The number of rotatable bonds is 2. The third-order valence-electron chi connectivity index (χ3n) is 3.55. The predicted molar refractivity (Wildman–Crippen MR) is 72.0 cm³/mol. The molecule has 1 aromatic carbocycles. The Morgan fingerprint density at radius 1 is 1.25 bits per heavy atom. The fourth-order valence-corrected chi connectivity index (χ4v) is 2.69. The van der Waals surface area contributed by atoms with Crippen molar-refractivity contribution in [1.29, 1.82) is 0 Å². The summed E-state index contributed by atoms with van der Waals surface area (Å²) in [6.45, 7) is 5.13. The van der Waals surface area contributed by atoms with Crippen LogP contribution in [0.1, 0.15) is 19.4 Å². The van der Waals surface area contributed by atoms with Gasteiger partial charge in [0.25, 0.3) is 0 Å². The Hall–Kier alpha value is -1.59. The number of hydrogen-bond acceptors (Lipinski definition) is 4. The molecule has 1 aromatic rings. The maximum Gasteiger partial charge on any atom is 0.410 e. The minimum absolute atomic E-state index is 0.0470. The summed E-state index contributed by atoms with van der Waals surface area (Å²) in [5.74, 6) is -0.546. The van der Waals surface area contributed by atoms with Crippen LogP contribution in [0.4, 0.5) is 4.79 Å². The molecule has 2 aliphatic heterocycles. The number of fused-ring (bicyclic) bond motifs is 1. The number of nitrogens with zero attached hydrogens (tertiary/aromatic N) is 1. The van der Waals surface area contributed by atoms with Gasteiger partial charge in [0.05, 0.1) is 13.1 Å². The Balaban J connectivity index is 1.51. The Kier molecular flexibility index (Phi) is 3.40. The fourth-order valence-electron chi connectivity index (χ4n) is 2.69. The smallest absolute Gasteiger partial charge is 0.410 e. The first-order chi connectivity index (χ1) is 9.53. The monoisotopic (exact) mass is 277 g/mol. The van der Waals surface area contributed by atoms with E-state index in [1.54, 1.807) is 4.90 Å². The minimum atomic E-state index is -0.546. The van der Waals surface area contributed by atoms with E-state index in [9.17, 15) is 4.79 Å². The zero-order valence-corrected chi connectivity index (χ0v) is 11.7. The normalized spacial score (nSPS) is 27.4. The lowest BCUT2D eigenvalue weighted by molar-refractivity contribution is -0.154. The Morgan fingerprint density at radius 2 is 1.85 bits per heavy atom. The van der Waals surface area contributed by atoms with Crippen LogP contribution in [0.2, 0.25) is 0 Å². The van der Waals surface area contributed by atoms with Crippen molar-refractivity contribution in [3.8, 4) is 0 Å². The Labute approximate surface area is 118 Å². The van der Waals surface area contributed by atoms with E-state index in [1.807, 2.05) is 44.2 Å². The van der Waals surface area contributed by atoms with Crippen LogP contribution in [0, 0.1) is 0 Å². The molecule has 0 bridgehead atoms. The highest BCUT2D eigenvalue weighted by Gasteiger charge is 2.48. The first-order valence-electron chi connectivity index (χ1n) is 6.85. The van der Waals surface area contributed by atoms with Gasteiger partial charge in [-0.2, -0.15) is 0 Å². The lowest BCUT2D eigenvalue weighted by Gasteiger charge is -2.22. The Bertz CT molecular complexity index is 472. The van der Waals surface area contributed by atoms with Gasteiger partial charge in [0.1, 0.15) is 18.8 Å². The molecule has 2 heterocycles. The molecule has 3 rings (SSSR count). The highest BCUT2D eigenvalue weighted by Crippen LogP contribution is 2.33. The van der Waals surface area contributed by atoms with E-state index >= 15 is 0 Å².